The maximum atomic E-state index is 12.9. The van der Waals surface area contributed by atoms with E-state index in [9.17, 15) is 9.59 Å². The van der Waals surface area contributed by atoms with Gasteiger partial charge in [0.1, 0.15) is 0 Å². The molecule has 6 nitrogen and oxygen atoms in total. The van der Waals surface area contributed by atoms with E-state index in [1.807, 2.05) is 4.90 Å². The van der Waals surface area contributed by atoms with Crippen molar-refractivity contribution in [1.82, 2.24) is 4.90 Å². The number of hydrogen-bond donors (Lipinski definition) is 1. The molecule has 132 valence electrons. The van der Waals surface area contributed by atoms with E-state index in [0.717, 1.165) is 12.8 Å². The van der Waals surface area contributed by atoms with Crippen LogP contribution in [0.2, 0.25) is 5.02 Å². The summed E-state index contributed by atoms with van der Waals surface area (Å²) in [6.07, 6.45) is 2.06. The number of hydrogen-bond acceptors (Lipinski definition) is 4. The normalized spacial score (nSPS) is 13.7. The predicted molar refractivity (Wildman–Crippen MR) is 91.6 cm³/mol. The highest BCUT2D eigenvalue weighted by molar-refractivity contribution is 6.32. The number of nitrogens with two attached hydrogens (primary N) is 1. The van der Waals surface area contributed by atoms with Crippen molar-refractivity contribution >= 4 is 23.4 Å². The number of carbonyl (C=O) groups is 2. The molecule has 7 heteroatoms. The van der Waals surface area contributed by atoms with Gasteiger partial charge < -0.3 is 20.1 Å². The summed E-state index contributed by atoms with van der Waals surface area (Å²) < 4.78 is 10.5. The Balaban J connectivity index is 2.27. The molecule has 1 saturated carbocycles. The third kappa shape index (κ3) is 4.54. The lowest BCUT2D eigenvalue weighted by molar-refractivity contribution is -0.119. The summed E-state index contributed by atoms with van der Waals surface area (Å²) >= 11 is 6.22. The summed E-state index contributed by atoms with van der Waals surface area (Å²) in [5.41, 5.74) is 5.52. The quantitative estimate of drug-likeness (QED) is 0.777. The first-order valence-electron chi connectivity index (χ1n) is 7.93. The summed E-state index contributed by atoms with van der Waals surface area (Å²) in [4.78, 5) is 25.6. The molecule has 0 bridgehead atoms. The highest BCUT2D eigenvalue weighted by atomic mass is 35.5. The molecular formula is C17H23ClN2O4. The molecule has 0 spiro atoms. The lowest BCUT2D eigenvalue weighted by atomic mass is 10.1. The minimum absolute atomic E-state index is 0.0761. The van der Waals surface area contributed by atoms with Gasteiger partial charge in [0.2, 0.25) is 0 Å². The molecule has 2 rings (SSSR count). The van der Waals surface area contributed by atoms with Crippen LogP contribution >= 0.6 is 11.6 Å². The third-order valence-corrected chi connectivity index (χ3v) is 3.93. The summed E-state index contributed by atoms with van der Waals surface area (Å²) in [5.74, 6) is 0.187. The van der Waals surface area contributed by atoms with Gasteiger partial charge in [0.25, 0.3) is 11.8 Å². The molecular weight excluding hydrogens is 332 g/mol. The number of ether oxygens (including phenoxy) is 2. The van der Waals surface area contributed by atoms with E-state index in [2.05, 4.69) is 13.8 Å². The SMILES string of the molecule is COc1cc(C(=O)N(CC(C)C)C2CC2)cc(Cl)c1OCC(N)=O. The fourth-order valence-electron chi connectivity index (χ4n) is 2.47. The van der Waals surface area contributed by atoms with Crippen LogP contribution < -0.4 is 15.2 Å². The van der Waals surface area contributed by atoms with Crippen molar-refractivity contribution in [3.63, 3.8) is 0 Å². The molecule has 1 aromatic rings. The monoisotopic (exact) mass is 354 g/mol. The first-order valence-corrected chi connectivity index (χ1v) is 8.30. The Labute approximate surface area is 146 Å². The van der Waals surface area contributed by atoms with Gasteiger partial charge in [-0.2, -0.15) is 0 Å². The fraction of sp³-hybridized carbons (Fsp3) is 0.529. The van der Waals surface area contributed by atoms with Gasteiger partial charge in [0.05, 0.1) is 12.1 Å². The number of halogens is 1. The van der Waals surface area contributed by atoms with E-state index in [-0.39, 0.29) is 23.3 Å². The lowest BCUT2D eigenvalue weighted by Crippen LogP contribution is -2.36. The Morgan fingerprint density at radius 1 is 1.38 bits per heavy atom. The number of nitrogens with zero attached hydrogens (tertiary/aromatic N) is 1. The molecule has 1 aliphatic carbocycles. The van der Waals surface area contributed by atoms with E-state index in [1.165, 1.54) is 7.11 Å². The van der Waals surface area contributed by atoms with E-state index >= 15 is 0 Å². The minimum atomic E-state index is -0.620. The van der Waals surface area contributed by atoms with Crippen LogP contribution in [-0.4, -0.2) is 43.0 Å². The van der Waals surface area contributed by atoms with Crippen LogP contribution in [-0.2, 0) is 4.79 Å². The highest BCUT2D eigenvalue weighted by Crippen LogP contribution is 2.37. The van der Waals surface area contributed by atoms with Crippen molar-refractivity contribution in [2.24, 2.45) is 11.7 Å². The molecule has 0 atom stereocenters. The van der Waals surface area contributed by atoms with Gasteiger partial charge >= 0.3 is 0 Å². The number of benzene rings is 1. The predicted octanol–water partition coefficient (Wildman–Crippen LogP) is 2.47. The van der Waals surface area contributed by atoms with Crippen molar-refractivity contribution in [3.8, 4) is 11.5 Å². The molecule has 2 N–H and O–H groups in total. The number of rotatable bonds is 8. The van der Waals surface area contributed by atoms with Gasteiger partial charge in [-0.25, -0.2) is 0 Å². The smallest absolute Gasteiger partial charge is 0.255 e. The average Bonchev–Trinajstić information content (AvgIpc) is 3.34. The molecule has 24 heavy (non-hydrogen) atoms. The average molecular weight is 355 g/mol. The standard InChI is InChI=1S/C17H23ClN2O4/c1-10(2)8-20(12-4-5-12)17(22)11-6-13(18)16(14(7-11)23-3)24-9-15(19)21/h6-7,10,12H,4-5,8-9H2,1-3H3,(H2,19,21). The van der Waals surface area contributed by atoms with Crippen LogP contribution in [0, 0.1) is 5.92 Å². The Morgan fingerprint density at radius 3 is 2.54 bits per heavy atom. The largest absolute Gasteiger partial charge is 0.493 e. The van der Waals surface area contributed by atoms with Crippen LogP contribution in [0.25, 0.3) is 0 Å². The van der Waals surface area contributed by atoms with Crippen molar-refractivity contribution in [1.29, 1.82) is 0 Å². The minimum Gasteiger partial charge on any atom is -0.493 e. The van der Waals surface area contributed by atoms with E-state index in [0.29, 0.717) is 29.8 Å². The number of primary amides is 1. The molecule has 0 saturated heterocycles. The van der Waals surface area contributed by atoms with Gasteiger partial charge in [-0.05, 0) is 30.9 Å². The summed E-state index contributed by atoms with van der Waals surface area (Å²) in [5, 5.41) is 0.208. The zero-order valence-corrected chi connectivity index (χ0v) is 14.9. The second-order valence-electron chi connectivity index (χ2n) is 6.33. The van der Waals surface area contributed by atoms with E-state index in [4.69, 9.17) is 26.8 Å². The maximum Gasteiger partial charge on any atom is 0.255 e. The van der Waals surface area contributed by atoms with Crippen molar-refractivity contribution < 1.29 is 19.1 Å². The first kappa shape index (κ1) is 18.4. The van der Waals surface area contributed by atoms with E-state index in [1.54, 1.807) is 12.1 Å². The van der Waals surface area contributed by atoms with Crippen LogP contribution in [0.1, 0.15) is 37.0 Å². The van der Waals surface area contributed by atoms with Gasteiger partial charge in [-0.1, -0.05) is 25.4 Å². The van der Waals surface area contributed by atoms with Gasteiger partial charge in [-0.15, -0.1) is 0 Å². The van der Waals surface area contributed by atoms with Gasteiger partial charge in [0, 0.05) is 18.2 Å². The zero-order chi connectivity index (χ0) is 17.9. The van der Waals surface area contributed by atoms with Gasteiger partial charge in [0.15, 0.2) is 18.1 Å². The van der Waals surface area contributed by atoms with Crippen LogP contribution in [0.5, 0.6) is 11.5 Å². The van der Waals surface area contributed by atoms with Gasteiger partial charge in [-0.3, -0.25) is 9.59 Å². The number of methoxy groups -OCH3 is 1. The zero-order valence-electron chi connectivity index (χ0n) is 14.2. The lowest BCUT2D eigenvalue weighted by Gasteiger charge is -2.25. The Bertz CT molecular complexity index is 629. The van der Waals surface area contributed by atoms with Crippen molar-refractivity contribution in [2.75, 3.05) is 20.3 Å². The van der Waals surface area contributed by atoms with Crippen LogP contribution in [0.4, 0.5) is 0 Å². The second kappa shape index (κ2) is 7.75. The summed E-state index contributed by atoms with van der Waals surface area (Å²) in [7, 11) is 1.45. The molecule has 2 amide bonds. The Kier molecular flexibility index (Phi) is 5.94. The Hall–Kier alpha value is -1.95. The summed E-state index contributed by atoms with van der Waals surface area (Å²) in [6.45, 7) is 4.54. The van der Waals surface area contributed by atoms with Crippen molar-refractivity contribution in [3.05, 3.63) is 22.7 Å². The molecule has 1 aliphatic rings. The Morgan fingerprint density at radius 2 is 2.04 bits per heavy atom. The maximum absolute atomic E-state index is 12.9. The fourth-order valence-corrected chi connectivity index (χ4v) is 2.74. The highest BCUT2D eigenvalue weighted by Gasteiger charge is 2.34. The molecule has 1 aromatic carbocycles. The molecule has 0 radical (unpaired) electrons. The van der Waals surface area contributed by atoms with Crippen LogP contribution in [0.3, 0.4) is 0 Å². The van der Waals surface area contributed by atoms with Crippen LogP contribution in [0.15, 0.2) is 12.1 Å². The molecule has 0 aromatic heterocycles. The van der Waals surface area contributed by atoms with E-state index < -0.39 is 5.91 Å². The summed E-state index contributed by atoms with van der Waals surface area (Å²) in [6, 6.07) is 3.43. The topological polar surface area (TPSA) is 81.9 Å². The number of amides is 2. The molecule has 0 heterocycles. The molecule has 1 fully saturated rings. The molecule has 0 unspecified atom stereocenters. The second-order valence-corrected chi connectivity index (χ2v) is 6.73. The molecule has 0 aliphatic heterocycles. The third-order valence-electron chi connectivity index (χ3n) is 3.65. The first-order chi connectivity index (χ1) is 11.3. The number of carbonyl (C=O) groups excluding carboxylic acids is 2. The van der Waals surface area contributed by atoms with Crippen molar-refractivity contribution in [2.45, 2.75) is 32.7 Å².